The van der Waals surface area contributed by atoms with Crippen LogP contribution in [0.5, 0.6) is 0 Å². The fourth-order valence-corrected chi connectivity index (χ4v) is 1.20. The van der Waals surface area contributed by atoms with E-state index in [1.54, 1.807) is 6.08 Å². The van der Waals surface area contributed by atoms with Crippen molar-refractivity contribution in [3.63, 3.8) is 0 Å². The first-order valence-electron chi connectivity index (χ1n) is 4.69. The van der Waals surface area contributed by atoms with Gasteiger partial charge < -0.3 is 5.73 Å². The number of nitrogens with two attached hydrogens (primary N) is 1. The number of benzene rings is 1. The van der Waals surface area contributed by atoms with Gasteiger partial charge in [0.05, 0.1) is 5.56 Å². The molecule has 16 heavy (non-hydrogen) atoms. The molecular formula is C11H11F4N. The van der Waals surface area contributed by atoms with Crippen molar-refractivity contribution >= 4 is 6.08 Å². The largest absolute Gasteiger partial charge is 0.419 e. The molecule has 0 aromatic heterocycles. The molecule has 1 rings (SSSR count). The summed E-state index contributed by atoms with van der Waals surface area (Å²) >= 11 is 0. The van der Waals surface area contributed by atoms with Crippen molar-refractivity contribution in [1.82, 2.24) is 0 Å². The van der Waals surface area contributed by atoms with E-state index < -0.39 is 17.6 Å². The number of halogens is 4. The van der Waals surface area contributed by atoms with Gasteiger partial charge in [0.25, 0.3) is 0 Å². The SMILES string of the molecule is NCCC=Cc1cccc(C(F)(F)F)c1F. The van der Waals surface area contributed by atoms with E-state index in [2.05, 4.69) is 0 Å². The zero-order chi connectivity index (χ0) is 12.2. The molecule has 1 aromatic carbocycles. The molecule has 2 N–H and O–H groups in total. The Bertz CT molecular complexity index is 382. The molecule has 0 bridgehead atoms. The van der Waals surface area contributed by atoms with Crippen molar-refractivity contribution in [2.24, 2.45) is 5.73 Å². The van der Waals surface area contributed by atoms with Gasteiger partial charge in [-0.25, -0.2) is 4.39 Å². The minimum absolute atomic E-state index is 0.0803. The first-order chi connectivity index (χ1) is 7.46. The third-order valence-corrected chi connectivity index (χ3v) is 1.96. The normalized spacial score (nSPS) is 12.3. The lowest BCUT2D eigenvalue weighted by Gasteiger charge is -2.09. The van der Waals surface area contributed by atoms with E-state index >= 15 is 0 Å². The Balaban J connectivity index is 3.05. The highest BCUT2D eigenvalue weighted by Gasteiger charge is 2.34. The predicted octanol–water partition coefficient (Wildman–Crippen LogP) is 3.21. The maximum atomic E-state index is 13.4. The van der Waals surface area contributed by atoms with E-state index in [1.165, 1.54) is 18.2 Å². The van der Waals surface area contributed by atoms with Gasteiger partial charge in [-0.15, -0.1) is 0 Å². The molecule has 0 heterocycles. The van der Waals surface area contributed by atoms with E-state index in [9.17, 15) is 17.6 Å². The summed E-state index contributed by atoms with van der Waals surface area (Å²) in [5.74, 6) is -1.25. The van der Waals surface area contributed by atoms with Crippen LogP contribution in [0.3, 0.4) is 0 Å². The predicted molar refractivity (Wildman–Crippen MR) is 54.1 cm³/mol. The van der Waals surface area contributed by atoms with Gasteiger partial charge in [-0.05, 0) is 19.0 Å². The van der Waals surface area contributed by atoms with Crippen LogP contribution in [0.1, 0.15) is 17.5 Å². The zero-order valence-electron chi connectivity index (χ0n) is 8.39. The van der Waals surface area contributed by atoms with E-state index in [-0.39, 0.29) is 5.56 Å². The van der Waals surface area contributed by atoms with E-state index in [1.807, 2.05) is 0 Å². The summed E-state index contributed by atoms with van der Waals surface area (Å²) in [5, 5.41) is 0. The van der Waals surface area contributed by atoms with Crippen LogP contribution in [0.15, 0.2) is 24.3 Å². The van der Waals surface area contributed by atoms with Crippen molar-refractivity contribution in [2.45, 2.75) is 12.6 Å². The minimum atomic E-state index is -4.66. The molecule has 0 atom stereocenters. The molecule has 5 heteroatoms. The van der Waals surface area contributed by atoms with Gasteiger partial charge in [-0.3, -0.25) is 0 Å². The summed E-state index contributed by atoms with van der Waals surface area (Å²) in [6.45, 7) is 0.372. The first-order valence-corrected chi connectivity index (χ1v) is 4.69. The van der Waals surface area contributed by atoms with E-state index in [4.69, 9.17) is 5.73 Å². The molecule has 88 valence electrons. The molecule has 0 saturated heterocycles. The first kappa shape index (κ1) is 12.7. The van der Waals surface area contributed by atoms with E-state index in [0.29, 0.717) is 13.0 Å². The highest BCUT2D eigenvalue weighted by Crippen LogP contribution is 2.32. The van der Waals surface area contributed by atoms with Crippen molar-refractivity contribution in [3.8, 4) is 0 Å². The second kappa shape index (κ2) is 5.12. The summed E-state index contributed by atoms with van der Waals surface area (Å²) in [6, 6.07) is 3.18. The molecule has 0 fully saturated rings. The topological polar surface area (TPSA) is 26.0 Å². The third kappa shape index (κ3) is 3.06. The Morgan fingerprint density at radius 2 is 1.94 bits per heavy atom. The Labute approximate surface area is 90.6 Å². The monoisotopic (exact) mass is 233 g/mol. The zero-order valence-corrected chi connectivity index (χ0v) is 8.39. The second-order valence-electron chi connectivity index (χ2n) is 3.19. The van der Waals surface area contributed by atoms with Crippen molar-refractivity contribution in [1.29, 1.82) is 0 Å². The quantitative estimate of drug-likeness (QED) is 0.797. The number of hydrogen-bond acceptors (Lipinski definition) is 1. The Morgan fingerprint density at radius 1 is 1.25 bits per heavy atom. The lowest BCUT2D eigenvalue weighted by Crippen LogP contribution is -2.08. The Morgan fingerprint density at radius 3 is 2.50 bits per heavy atom. The van der Waals surface area contributed by atoms with Gasteiger partial charge in [0.15, 0.2) is 0 Å². The van der Waals surface area contributed by atoms with Gasteiger partial charge in [0.1, 0.15) is 5.82 Å². The number of rotatable bonds is 3. The lowest BCUT2D eigenvalue weighted by molar-refractivity contribution is -0.140. The Hall–Kier alpha value is -1.36. The summed E-state index contributed by atoms with van der Waals surface area (Å²) < 4.78 is 50.4. The smallest absolute Gasteiger partial charge is 0.330 e. The van der Waals surface area contributed by atoms with Crippen LogP contribution >= 0.6 is 0 Å². The van der Waals surface area contributed by atoms with Gasteiger partial charge in [-0.1, -0.05) is 24.3 Å². The van der Waals surface area contributed by atoms with Crippen molar-refractivity contribution < 1.29 is 17.6 Å². The van der Waals surface area contributed by atoms with Crippen LogP contribution in [0.25, 0.3) is 6.08 Å². The fraction of sp³-hybridized carbons (Fsp3) is 0.273. The van der Waals surface area contributed by atoms with Gasteiger partial charge in [-0.2, -0.15) is 13.2 Å². The van der Waals surface area contributed by atoms with Crippen molar-refractivity contribution in [3.05, 3.63) is 41.2 Å². The molecule has 0 unspecified atom stereocenters. The van der Waals surface area contributed by atoms with Crippen LogP contribution in [-0.4, -0.2) is 6.54 Å². The number of hydrogen-bond donors (Lipinski definition) is 1. The molecule has 0 aliphatic rings. The summed E-state index contributed by atoms with van der Waals surface area (Å²) in [6.07, 6.45) is -1.33. The maximum Gasteiger partial charge on any atom is 0.419 e. The number of alkyl halides is 3. The fourth-order valence-electron chi connectivity index (χ4n) is 1.20. The molecule has 0 aliphatic carbocycles. The van der Waals surface area contributed by atoms with Gasteiger partial charge in [0.2, 0.25) is 0 Å². The third-order valence-electron chi connectivity index (χ3n) is 1.96. The molecule has 0 spiro atoms. The van der Waals surface area contributed by atoms with Crippen LogP contribution in [0, 0.1) is 5.82 Å². The average molecular weight is 233 g/mol. The minimum Gasteiger partial charge on any atom is -0.330 e. The van der Waals surface area contributed by atoms with Crippen molar-refractivity contribution in [2.75, 3.05) is 6.54 Å². The molecule has 1 nitrogen and oxygen atoms in total. The molecule has 0 amide bonds. The van der Waals surface area contributed by atoms with Crippen LogP contribution < -0.4 is 5.73 Å². The van der Waals surface area contributed by atoms with Crippen LogP contribution in [-0.2, 0) is 6.18 Å². The Kier molecular flexibility index (Phi) is 4.06. The summed E-state index contributed by atoms with van der Waals surface area (Å²) in [5.41, 5.74) is 3.88. The summed E-state index contributed by atoms with van der Waals surface area (Å²) in [7, 11) is 0. The van der Waals surface area contributed by atoms with E-state index in [0.717, 1.165) is 6.07 Å². The molecule has 1 aromatic rings. The van der Waals surface area contributed by atoms with Crippen LogP contribution in [0.4, 0.5) is 17.6 Å². The van der Waals surface area contributed by atoms with Crippen LogP contribution in [0.2, 0.25) is 0 Å². The summed E-state index contributed by atoms with van der Waals surface area (Å²) in [4.78, 5) is 0. The highest BCUT2D eigenvalue weighted by atomic mass is 19.4. The standard InChI is InChI=1S/C11H11F4N/c12-10-8(4-1-2-7-16)5-3-6-9(10)11(13,14)15/h1,3-6H,2,7,16H2. The maximum absolute atomic E-state index is 13.4. The molecule has 0 aliphatic heterocycles. The highest BCUT2D eigenvalue weighted by molar-refractivity contribution is 5.51. The molecule has 0 saturated carbocycles. The second-order valence-corrected chi connectivity index (χ2v) is 3.19. The molecular weight excluding hydrogens is 222 g/mol. The van der Waals surface area contributed by atoms with Gasteiger partial charge >= 0.3 is 6.18 Å². The van der Waals surface area contributed by atoms with Gasteiger partial charge in [0, 0.05) is 5.56 Å². The average Bonchev–Trinajstić information content (AvgIpc) is 2.19. The lowest BCUT2D eigenvalue weighted by atomic mass is 10.1. The molecule has 0 radical (unpaired) electrons.